The van der Waals surface area contributed by atoms with Gasteiger partial charge in [0.15, 0.2) is 0 Å². The van der Waals surface area contributed by atoms with E-state index in [9.17, 15) is 4.79 Å². The van der Waals surface area contributed by atoms with Crippen LogP contribution in [0.5, 0.6) is 0 Å². The number of rotatable bonds is 5. The number of carbonyl (C=O) groups excluding carboxylic acids is 1. The largest absolute Gasteiger partial charge is 0.336 e. The Balaban J connectivity index is 2.17. The molecule has 0 aromatic rings. The summed E-state index contributed by atoms with van der Waals surface area (Å²) in [6.07, 6.45) is 7.94. The first-order valence-electron chi connectivity index (χ1n) is 9.07. The molecule has 1 aliphatic heterocycles. The van der Waals surface area contributed by atoms with Crippen molar-refractivity contribution in [3.05, 3.63) is 0 Å². The molecule has 122 valence electrons. The first kappa shape index (κ1) is 16.8. The fraction of sp³-hybridized carbons (Fsp3) is 0.944. The molecule has 0 radical (unpaired) electrons. The zero-order valence-electron chi connectivity index (χ0n) is 14.5. The molecule has 2 fully saturated rings. The van der Waals surface area contributed by atoms with E-state index in [0.29, 0.717) is 23.9 Å². The Bertz CT molecular complexity index is 347. The van der Waals surface area contributed by atoms with E-state index in [-0.39, 0.29) is 5.41 Å². The number of hydrogen-bond donors (Lipinski definition) is 1. The normalized spacial score (nSPS) is 29.1. The highest BCUT2D eigenvalue weighted by molar-refractivity contribution is 5.83. The minimum Gasteiger partial charge on any atom is -0.336 e. The van der Waals surface area contributed by atoms with Gasteiger partial charge in [-0.3, -0.25) is 4.79 Å². The van der Waals surface area contributed by atoms with Gasteiger partial charge in [-0.25, -0.2) is 0 Å². The van der Waals surface area contributed by atoms with E-state index < -0.39 is 0 Å². The summed E-state index contributed by atoms with van der Waals surface area (Å²) in [6, 6.07) is 0.874. The van der Waals surface area contributed by atoms with Gasteiger partial charge in [0.05, 0.1) is 0 Å². The summed E-state index contributed by atoms with van der Waals surface area (Å²) in [5, 5.41) is 3.60. The van der Waals surface area contributed by atoms with Crippen LogP contribution < -0.4 is 5.32 Å². The third kappa shape index (κ3) is 3.61. The second-order valence-corrected chi connectivity index (χ2v) is 7.62. The Morgan fingerprint density at radius 1 is 1.24 bits per heavy atom. The maximum Gasteiger partial charge on any atom is 0.229 e. The third-order valence-corrected chi connectivity index (χ3v) is 5.54. The predicted molar refractivity (Wildman–Crippen MR) is 88.2 cm³/mol. The number of carbonyl (C=O) groups is 1. The standard InChI is InChI=1S/C18H34N2O/c1-5-15-13-20(16(6-2)12-19-15)17(21)18(11-14(3)4)9-7-8-10-18/h14-16,19H,5-13H2,1-4H3. The Morgan fingerprint density at radius 3 is 2.43 bits per heavy atom. The molecule has 2 unspecified atom stereocenters. The van der Waals surface area contributed by atoms with Gasteiger partial charge in [-0.05, 0) is 38.0 Å². The summed E-state index contributed by atoms with van der Waals surface area (Å²) in [4.78, 5) is 15.6. The summed E-state index contributed by atoms with van der Waals surface area (Å²) < 4.78 is 0. The average Bonchev–Trinajstić information content (AvgIpc) is 2.94. The molecule has 1 aliphatic carbocycles. The van der Waals surface area contributed by atoms with E-state index in [1.807, 2.05) is 0 Å². The van der Waals surface area contributed by atoms with Gasteiger partial charge in [0.2, 0.25) is 5.91 Å². The SMILES string of the molecule is CCC1CN(C(=O)C2(CC(C)C)CCCC2)C(CC)CN1. The molecule has 21 heavy (non-hydrogen) atoms. The third-order valence-electron chi connectivity index (χ3n) is 5.54. The lowest BCUT2D eigenvalue weighted by Crippen LogP contribution is -2.60. The van der Waals surface area contributed by atoms with Crippen molar-refractivity contribution in [3.63, 3.8) is 0 Å². The van der Waals surface area contributed by atoms with Crippen LogP contribution in [0, 0.1) is 11.3 Å². The topological polar surface area (TPSA) is 32.3 Å². The fourth-order valence-electron chi connectivity index (χ4n) is 4.39. The van der Waals surface area contributed by atoms with Gasteiger partial charge in [-0.15, -0.1) is 0 Å². The van der Waals surface area contributed by atoms with Gasteiger partial charge in [-0.1, -0.05) is 40.5 Å². The van der Waals surface area contributed by atoms with Gasteiger partial charge in [0.25, 0.3) is 0 Å². The number of nitrogens with zero attached hydrogens (tertiary/aromatic N) is 1. The lowest BCUT2D eigenvalue weighted by Gasteiger charge is -2.44. The molecule has 0 bridgehead atoms. The lowest BCUT2D eigenvalue weighted by molar-refractivity contribution is -0.147. The van der Waals surface area contributed by atoms with Crippen molar-refractivity contribution < 1.29 is 4.79 Å². The highest BCUT2D eigenvalue weighted by atomic mass is 16.2. The van der Waals surface area contributed by atoms with Crippen molar-refractivity contribution in [3.8, 4) is 0 Å². The minimum atomic E-state index is -0.0444. The molecule has 0 spiro atoms. The molecule has 0 aromatic heterocycles. The van der Waals surface area contributed by atoms with Crippen LogP contribution in [-0.4, -0.2) is 36.0 Å². The number of piperazine rings is 1. The maximum absolute atomic E-state index is 13.4. The zero-order valence-corrected chi connectivity index (χ0v) is 14.5. The number of nitrogens with one attached hydrogen (secondary N) is 1. The molecule has 1 heterocycles. The van der Waals surface area contributed by atoms with Gasteiger partial charge in [-0.2, -0.15) is 0 Å². The number of amides is 1. The van der Waals surface area contributed by atoms with E-state index in [1.165, 1.54) is 12.8 Å². The van der Waals surface area contributed by atoms with Crippen molar-refractivity contribution in [1.82, 2.24) is 10.2 Å². The highest BCUT2D eigenvalue weighted by Crippen LogP contribution is 2.45. The van der Waals surface area contributed by atoms with E-state index in [4.69, 9.17) is 0 Å². The summed E-state index contributed by atoms with van der Waals surface area (Å²) in [5.74, 6) is 1.08. The van der Waals surface area contributed by atoms with Crippen molar-refractivity contribution in [2.75, 3.05) is 13.1 Å². The van der Waals surface area contributed by atoms with Crippen molar-refractivity contribution in [2.24, 2.45) is 11.3 Å². The zero-order chi connectivity index (χ0) is 15.5. The van der Waals surface area contributed by atoms with Crippen LogP contribution in [0.2, 0.25) is 0 Å². The molecule has 1 amide bonds. The van der Waals surface area contributed by atoms with Crippen LogP contribution in [0.25, 0.3) is 0 Å². The molecule has 2 aliphatic rings. The smallest absolute Gasteiger partial charge is 0.229 e. The second kappa shape index (κ2) is 7.13. The summed E-state index contributed by atoms with van der Waals surface area (Å²) in [7, 11) is 0. The summed E-state index contributed by atoms with van der Waals surface area (Å²) in [6.45, 7) is 10.8. The molecule has 2 atom stereocenters. The van der Waals surface area contributed by atoms with Crippen LogP contribution in [0.4, 0.5) is 0 Å². The molecular weight excluding hydrogens is 260 g/mol. The van der Waals surface area contributed by atoms with Gasteiger partial charge in [0.1, 0.15) is 0 Å². The second-order valence-electron chi connectivity index (χ2n) is 7.62. The van der Waals surface area contributed by atoms with E-state index in [0.717, 1.165) is 45.2 Å². The monoisotopic (exact) mass is 294 g/mol. The van der Waals surface area contributed by atoms with Gasteiger partial charge in [0, 0.05) is 30.6 Å². The van der Waals surface area contributed by atoms with Crippen molar-refractivity contribution >= 4 is 5.91 Å². The quantitative estimate of drug-likeness (QED) is 0.840. The Hall–Kier alpha value is -0.570. The number of hydrogen-bond acceptors (Lipinski definition) is 2. The van der Waals surface area contributed by atoms with Crippen LogP contribution in [0.15, 0.2) is 0 Å². The average molecular weight is 294 g/mol. The van der Waals surface area contributed by atoms with Crippen molar-refractivity contribution in [2.45, 2.75) is 84.7 Å². The Labute approximate surface area is 130 Å². The lowest BCUT2D eigenvalue weighted by atomic mass is 9.76. The molecule has 1 N–H and O–H groups in total. The van der Waals surface area contributed by atoms with Gasteiger partial charge >= 0.3 is 0 Å². The summed E-state index contributed by atoms with van der Waals surface area (Å²) >= 11 is 0. The molecule has 3 heteroatoms. The van der Waals surface area contributed by atoms with Crippen LogP contribution in [0.3, 0.4) is 0 Å². The van der Waals surface area contributed by atoms with Crippen molar-refractivity contribution in [1.29, 1.82) is 0 Å². The minimum absolute atomic E-state index is 0.0444. The molecule has 0 aromatic carbocycles. The molecule has 1 saturated carbocycles. The molecule has 3 nitrogen and oxygen atoms in total. The first-order valence-corrected chi connectivity index (χ1v) is 9.07. The van der Waals surface area contributed by atoms with Crippen LogP contribution >= 0.6 is 0 Å². The molecular formula is C18H34N2O. The van der Waals surface area contributed by atoms with E-state index in [1.54, 1.807) is 0 Å². The van der Waals surface area contributed by atoms with Crippen LogP contribution in [0.1, 0.15) is 72.6 Å². The molecule has 2 rings (SSSR count). The predicted octanol–water partition coefficient (Wildman–Crippen LogP) is 3.58. The highest BCUT2D eigenvalue weighted by Gasteiger charge is 2.45. The first-order chi connectivity index (χ1) is 10.0. The fourth-order valence-corrected chi connectivity index (χ4v) is 4.39. The Morgan fingerprint density at radius 2 is 1.90 bits per heavy atom. The van der Waals surface area contributed by atoms with Gasteiger partial charge < -0.3 is 10.2 Å². The van der Waals surface area contributed by atoms with E-state index >= 15 is 0 Å². The van der Waals surface area contributed by atoms with Crippen LogP contribution in [-0.2, 0) is 4.79 Å². The molecule has 1 saturated heterocycles. The van der Waals surface area contributed by atoms with E-state index in [2.05, 4.69) is 37.9 Å². The maximum atomic E-state index is 13.4. The summed E-state index contributed by atoms with van der Waals surface area (Å²) in [5.41, 5.74) is -0.0444. The Kier molecular flexibility index (Phi) is 5.70.